The monoisotopic (exact) mass is 476 g/mol. The lowest BCUT2D eigenvalue weighted by Crippen LogP contribution is -2.35. The number of para-hydroxylation sites is 2. The highest BCUT2D eigenvalue weighted by Gasteiger charge is 2.24. The molecule has 1 aliphatic rings. The van der Waals surface area contributed by atoms with E-state index in [4.69, 9.17) is 14.9 Å². The Hall–Kier alpha value is -3.65. The molecule has 1 unspecified atom stereocenters. The summed E-state index contributed by atoms with van der Waals surface area (Å²) in [5, 5.41) is 23.8. The Balaban J connectivity index is 1.91. The van der Waals surface area contributed by atoms with Gasteiger partial charge in [-0.15, -0.1) is 5.10 Å². The molecule has 0 bridgehead atoms. The van der Waals surface area contributed by atoms with Gasteiger partial charge in [0, 0.05) is 31.8 Å². The van der Waals surface area contributed by atoms with Crippen molar-refractivity contribution in [1.29, 1.82) is 5.41 Å². The first kappa shape index (κ1) is 26.0. The van der Waals surface area contributed by atoms with E-state index >= 15 is 0 Å². The van der Waals surface area contributed by atoms with Gasteiger partial charge in [0.25, 0.3) is 0 Å². The minimum atomic E-state index is -0.164. The Kier molecular flexibility index (Phi) is 9.03. The number of hydrogen-bond donors (Lipinski definition) is 3. The third-order valence-electron chi connectivity index (χ3n) is 5.60. The lowest BCUT2D eigenvalue weighted by molar-refractivity contribution is 0.195. The van der Waals surface area contributed by atoms with E-state index < -0.39 is 0 Å². The minimum absolute atomic E-state index is 0.164. The molecule has 0 saturated carbocycles. The van der Waals surface area contributed by atoms with Crippen LogP contribution in [0.2, 0.25) is 0 Å². The Morgan fingerprint density at radius 3 is 2.60 bits per heavy atom. The van der Waals surface area contributed by atoms with E-state index in [2.05, 4.69) is 26.9 Å². The topological polar surface area (TPSA) is 94.3 Å². The van der Waals surface area contributed by atoms with Crippen molar-refractivity contribution in [3.8, 4) is 11.5 Å². The second-order valence-electron chi connectivity index (χ2n) is 8.50. The molecule has 0 radical (unpaired) electrons. The van der Waals surface area contributed by atoms with E-state index in [1.54, 1.807) is 4.90 Å². The fourth-order valence-corrected chi connectivity index (χ4v) is 3.92. The first-order valence-corrected chi connectivity index (χ1v) is 11.9. The van der Waals surface area contributed by atoms with Gasteiger partial charge >= 0.3 is 0 Å². The Bertz CT molecular complexity index is 1140. The standard InChI is InChI=1S/C27H36N6O2/c1-7-34-21-12-10-11-20(17-21)23(15-16-29-4)35-24-14-9-8-13-22(24)30-18(2)25-19(3)31-32-27(26(25)28)33(5)6/h8-14,17,23,28-30H,7,15-16H2,1-6H3/b25-18-,28-26?. The zero-order valence-corrected chi connectivity index (χ0v) is 21.5. The van der Waals surface area contributed by atoms with E-state index in [1.807, 2.05) is 84.4 Å². The van der Waals surface area contributed by atoms with Crippen molar-refractivity contribution in [1.82, 2.24) is 10.2 Å². The molecule has 3 rings (SSSR count). The molecule has 0 aromatic heterocycles. The summed E-state index contributed by atoms with van der Waals surface area (Å²) in [5.41, 5.74) is 4.46. The zero-order valence-electron chi connectivity index (χ0n) is 21.5. The Morgan fingerprint density at radius 1 is 1.11 bits per heavy atom. The molecule has 0 fully saturated rings. The van der Waals surface area contributed by atoms with Crippen LogP contribution in [-0.2, 0) is 0 Å². The van der Waals surface area contributed by atoms with Gasteiger partial charge < -0.3 is 25.0 Å². The van der Waals surface area contributed by atoms with E-state index in [9.17, 15) is 0 Å². The molecule has 0 amide bonds. The maximum absolute atomic E-state index is 8.67. The number of ether oxygens (including phenoxy) is 2. The third kappa shape index (κ3) is 6.48. The lowest BCUT2D eigenvalue weighted by Gasteiger charge is -2.24. The first-order chi connectivity index (χ1) is 16.8. The van der Waals surface area contributed by atoms with Gasteiger partial charge in [-0.2, -0.15) is 5.10 Å². The quantitative estimate of drug-likeness (QED) is 0.455. The molecule has 2 aromatic carbocycles. The Labute approximate surface area is 208 Å². The fraction of sp³-hybridized carbons (Fsp3) is 0.370. The van der Waals surface area contributed by atoms with Crippen LogP contribution in [0.4, 0.5) is 5.69 Å². The highest BCUT2D eigenvalue weighted by molar-refractivity contribution is 6.53. The molecular weight excluding hydrogens is 440 g/mol. The average Bonchev–Trinajstić information content (AvgIpc) is 2.83. The summed E-state index contributed by atoms with van der Waals surface area (Å²) in [5.74, 6) is 2.09. The SMILES string of the molecule is CCOc1cccc(C(CCNC)Oc2ccccc2N/C(C)=C2\C(=N)C(N(C)C)=NN=C2C)c1. The smallest absolute Gasteiger partial charge is 0.176 e. The summed E-state index contributed by atoms with van der Waals surface area (Å²) in [7, 11) is 5.66. The van der Waals surface area contributed by atoms with Crippen molar-refractivity contribution in [2.75, 3.05) is 39.6 Å². The van der Waals surface area contributed by atoms with Crippen LogP contribution in [0.1, 0.15) is 38.9 Å². The predicted octanol–water partition coefficient (Wildman–Crippen LogP) is 4.87. The normalized spacial score (nSPS) is 15.7. The van der Waals surface area contributed by atoms with Crippen molar-refractivity contribution < 1.29 is 9.47 Å². The van der Waals surface area contributed by atoms with Gasteiger partial charge in [0.15, 0.2) is 5.84 Å². The maximum Gasteiger partial charge on any atom is 0.176 e. The van der Waals surface area contributed by atoms with Crippen LogP contribution >= 0.6 is 0 Å². The number of rotatable bonds is 10. The molecular formula is C27H36N6O2. The number of benzene rings is 2. The van der Waals surface area contributed by atoms with Crippen molar-refractivity contribution >= 4 is 22.9 Å². The predicted molar refractivity (Wildman–Crippen MR) is 144 cm³/mol. The lowest BCUT2D eigenvalue weighted by atomic mass is 10.0. The summed E-state index contributed by atoms with van der Waals surface area (Å²) in [6, 6.07) is 15.9. The van der Waals surface area contributed by atoms with Gasteiger partial charge in [0.2, 0.25) is 0 Å². The second-order valence-corrected chi connectivity index (χ2v) is 8.50. The molecule has 0 aliphatic carbocycles. The average molecular weight is 477 g/mol. The van der Waals surface area contributed by atoms with E-state index in [0.29, 0.717) is 23.9 Å². The van der Waals surface area contributed by atoms with E-state index in [1.165, 1.54) is 0 Å². The Morgan fingerprint density at radius 2 is 1.89 bits per heavy atom. The molecule has 35 heavy (non-hydrogen) atoms. The van der Waals surface area contributed by atoms with Gasteiger partial charge in [-0.1, -0.05) is 24.3 Å². The van der Waals surface area contributed by atoms with Crippen molar-refractivity contribution in [2.24, 2.45) is 10.2 Å². The number of allylic oxidation sites excluding steroid dienone is 1. The molecule has 8 nitrogen and oxygen atoms in total. The van der Waals surface area contributed by atoms with Gasteiger partial charge in [0.1, 0.15) is 23.3 Å². The van der Waals surface area contributed by atoms with Crippen LogP contribution in [-0.4, -0.2) is 56.5 Å². The summed E-state index contributed by atoms with van der Waals surface area (Å²) in [6.07, 6.45) is 0.627. The summed E-state index contributed by atoms with van der Waals surface area (Å²) in [4.78, 5) is 1.80. The largest absolute Gasteiger partial charge is 0.494 e. The molecule has 2 aromatic rings. The molecule has 1 heterocycles. The van der Waals surface area contributed by atoms with Gasteiger partial charge in [-0.05, 0) is 64.2 Å². The van der Waals surface area contributed by atoms with Gasteiger partial charge in [0.05, 0.1) is 18.0 Å². The molecule has 0 spiro atoms. The summed E-state index contributed by atoms with van der Waals surface area (Å²) in [6.45, 7) is 7.22. The summed E-state index contributed by atoms with van der Waals surface area (Å²) >= 11 is 0. The fourth-order valence-electron chi connectivity index (χ4n) is 3.92. The van der Waals surface area contributed by atoms with Crippen LogP contribution in [0.3, 0.4) is 0 Å². The van der Waals surface area contributed by atoms with Crippen LogP contribution < -0.4 is 20.1 Å². The number of nitrogens with zero attached hydrogens (tertiary/aromatic N) is 3. The van der Waals surface area contributed by atoms with E-state index in [0.717, 1.165) is 47.0 Å². The number of amidine groups is 1. The van der Waals surface area contributed by atoms with Crippen molar-refractivity contribution in [3.63, 3.8) is 0 Å². The number of nitrogens with one attached hydrogen (secondary N) is 3. The highest BCUT2D eigenvalue weighted by Crippen LogP contribution is 2.33. The minimum Gasteiger partial charge on any atom is -0.494 e. The van der Waals surface area contributed by atoms with Crippen LogP contribution in [0.5, 0.6) is 11.5 Å². The maximum atomic E-state index is 8.67. The molecule has 1 aliphatic heterocycles. The van der Waals surface area contributed by atoms with E-state index in [-0.39, 0.29) is 6.10 Å². The number of anilines is 1. The van der Waals surface area contributed by atoms with Crippen LogP contribution in [0, 0.1) is 5.41 Å². The molecule has 8 heteroatoms. The zero-order chi connectivity index (χ0) is 25.4. The molecule has 3 N–H and O–H groups in total. The van der Waals surface area contributed by atoms with Crippen molar-refractivity contribution in [3.05, 3.63) is 65.4 Å². The van der Waals surface area contributed by atoms with Crippen molar-refractivity contribution in [2.45, 2.75) is 33.3 Å². The van der Waals surface area contributed by atoms with Crippen LogP contribution in [0.15, 0.2) is 70.0 Å². The molecule has 0 saturated heterocycles. The summed E-state index contributed by atoms with van der Waals surface area (Å²) < 4.78 is 12.3. The molecule has 1 atom stereocenters. The third-order valence-corrected chi connectivity index (χ3v) is 5.60. The van der Waals surface area contributed by atoms with Crippen LogP contribution in [0.25, 0.3) is 0 Å². The first-order valence-electron chi connectivity index (χ1n) is 11.9. The number of hydrogen-bond acceptors (Lipinski definition) is 8. The second kappa shape index (κ2) is 12.2. The molecule has 186 valence electrons. The highest BCUT2D eigenvalue weighted by atomic mass is 16.5. The van der Waals surface area contributed by atoms with Gasteiger partial charge in [-0.3, -0.25) is 5.41 Å². The van der Waals surface area contributed by atoms with Gasteiger partial charge in [-0.25, -0.2) is 0 Å².